The number of nitrogens with zero attached hydrogens (tertiary/aromatic N) is 3. The van der Waals surface area contributed by atoms with Crippen LogP contribution in [-0.4, -0.2) is 55.0 Å². The number of ether oxygens (including phenoxy) is 2. The van der Waals surface area contributed by atoms with Crippen LogP contribution in [0.4, 0.5) is 5.69 Å². The number of carbonyl (C=O) groups is 2. The summed E-state index contributed by atoms with van der Waals surface area (Å²) in [6.45, 7) is 0.151. The van der Waals surface area contributed by atoms with Gasteiger partial charge in [0.2, 0.25) is 0 Å². The number of aromatic nitrogens is 1. The van der Waals surface area contributed by atoms with Crippen molar-refractivity contribution in [2.45, 2.75) is 12.6 Å². The van der Waals surface area contributed by atoms with Crippen LogP contribution in [0.2, 0.25) is 0 Å². The number of pyridine rings is 1. The average molecular weight is 474 g/mol. The number of Topliss-reactive ketones (excluding diaryl/α,β-unsaturated/α-hetero) is 1. The maximum absolute atomic E-state index is 13.4. The first-order chi connectivity index (χ1) is 16.9. The molecule has 0 aliphatic carbocycles. The third-order valence-corrected chi connectivity index (χ3v) is 6.01. The molecule has 2 heterocycles. The number of anilines is 1. The number of ketones is 1. The van der Waals surface area contributed by atoms with Crippen molar-refractivity contribution in [3.63, 3.8) is 0 Å². The topological polar surface area (TPSA) is 92.2 Å². The lowest BCUT2D eigenvalue weighted by molar-refractivity contribution is -0.140. The first-order valence-corrected chi connectivity index (χ1v) is 11.0. The third-order valence-electron chi connectivity index (χ3n) is 6.01. The van der Waals surface area contributed by atoms with Gasteiger partial charge in [0, 0.05) is 38.7 Å². The van der Waals surface area contributed by atoms with Gasteiger partial charge in [-0.05, 0) is 41.5 Å². The normalized spacial score (nSPS) is 16.9. The highest BCUT2D eigenvalue weighted by atomic mass is 16.5. The monoisotopic (exact) mass is 473 g/mol. The molecule has 1 amide bonds. The molecule has 0 saturated carbocycles. The number of aliphatic hydroxyl groups excluding tert-OH is 1. The molecular formula is C27H27N3O5. The number of methoxy groups -OCH3 is 2. The molecule has 1 aliphatic rings. The Hall–Kier alpha value is -4.33. The van der Waals surface area contributed by atoms with Gasteiger partial charge in [-0.25, -0.2) is 0 Å². The molecule has 0 radical (unpaired) electrons. The van der Waals surface area contributed by atoms with E-state index in [0.717, 1.165) is 11.3 Å². The summed E-state index contributed by atoms with van der Waals surface area (Å²) in [7, 11) is 6.78. The van der Waals surface area contributed by atoms with Gasteiger partial charge in [-0.3, -0.25) is 14.6 Å². The van der Waals surface area contributed by atoms with Crippen LogP contribution in [0.15, 0.2) is 72.6 Å². The fraction of sp³-hybridized carbons (Fsp3) is 0.222. The van der Waals surface area contributed by atoms with Crippen LogP contribution >= 0.6 is 0 Å². The number of aliphatic hydroxyl groups is 1. The summed E-state index contributed by atoms with van der Waals surface area (Å²) in [4.78, 5) is 34.2. The number of hydrogen-bond acceptors (Lipinski definition) is 7. The Morgan fingerprint density at radius 3 is 2.20 bits per heavy atom. The number of rotatable bonds is 7. The smallest absolute Gasteiger partial charge is 0.295 e. The van der Waals surface area contributed by atoms with E-state index in [2.05, 4.69) is 4.98 Å². The number of carbonyl (C=O) groups excluding carboxylic acids is 2. The fourth-order valence-corrected chi connectivity index (χ4v) is 4.25. The van der Waals surface area contributed by atoms with Crippen LogP contribution in [0.25, 0.3) is 5.76 Å². The number of amides is 1. The predicted molar refractivity (Wildman–Crippen MR) is 132 cm³/mol. The minimum Gasteiger partial charge on any atom is -0.506 e. The van der Waals surface area contributed by atoms with Gasteiger partial charge in [0.05, 0.1) is 25.8 Å². The van der Waals surface area contributed by atoms with Gasteiger partial charge in [-0.2, -0.15) is 0 Å². The molecule has 1 N–H and O–H groups in total. The Morgan fingerprint density at radius 1 is 1.00 bits per heavy atom. The maximum Gasteiger partial charge on any atom is 0.295 e. The van der Waals surface area contributed by atoms with Crippen LogP contribution < -0.4 is 14.4 Å². The highest BCUT2D eigenvalue weighted by Crippen LogP contribution is 2.44. The van der Waals surface area contributed by atoms with Gasteiger partial charge >= 0.3 is 0 Å². The first kappa shape index (κ1) is 23.8. The van der Waals surface area contributed by atoms with E-state index in [1.54, 1.807) is 36.7 Å². The van der Waals surface area contributed by atoms with Crippen molar-refractivity contribution in [3.05, 3.63) is 89.3 Å². The second-order valence-corrected chi connectivity index (χ2v) is 8.31. The summed E-state index contributed by atoms with van der Waals surface area (Å²) in [5, 5.41) is 11.5. The Labute approximate surface area is 204 Å². The van der Waals surface area contributed by atoms with Crippen molar-refractivity contribution in [2.75, 3.05) is 33.2 Å². The molecule has 8 heteroatoms. The van der Waals surface area contributed by atoms with Crippen molar-refractivity contribution < 1.29 is 24.2 Å². The van der Waals surface area contributed by atoms with Gasteiger partial charge in [0.1, 0.15) is 22.8 Å². The molecule has 2 aromatic carbocycles. The SMILES string of the molecule is COc1cccc(OC)c1/C(O)=C1\C(=O)C(=O)N(Cc2cccnc2)C1c1ccc(N(C)C)cc1. The van der Waals surface area contributed by atoms with E-state index in [1.165, 1.54) is 19.1 Å². The summed E-state index contributed by atoms with van der Waals surface area (Å²) < 4.78 is 10.9. The molecule has 0 bridgehead atoms. The molecule has 1 fully saturated rings. The second-order valence-electron chi connectivity index (χ2n) is 8.31. The van der Waals surface area contributed by atoms with Crippen molar-refractivity contribution in [2.24, 2.45) is 0 Å². The van der Waals surface area contributed by atoms with Crippen molar-refractivity contribution >= 4 is 23.1 Å². The van der Waals surface area contributed by atoms with E-state index < -0.39 is 17.7 Å². The van der Waals surface area contributed by atoms with Crippen molar-refractivity contribution in [1.29, 1.82) is 0 Å². The zero-order valence-corrected chi connectivity index (χ0v) is 20.1. The van der Waals surface area contributed by atoms with Crippen LogP contribution in [0.5, 0.6) is 11.5 Å². The van der Waals surface area contributed by atoms with Gasteiger partial charge in [0.25, 0.3) is 11.7 Å². The van der Waals surface area contributed by atoms with E-state index >= 15 is 0 Å². The van der Waals surface area contributed by atoms with Gasteiger partial charge < -0.3 is 24.4 Å². The summed E-state index contributed by atoms with van der Waals surface area (Å²) >= 11 is 0. The highest BCUT2D eigenvalue weighted by molar-refractivity contribution is 6.46. The Bertz CT molecular complexity index is 1250. The summed E-state index contributed by atoms with van der Waals surface area (Å²) in [6, 6.07) is 15.3. The molecule has 1 aromatic heterocycles. The Kier molecular flexibility index (Phi) is 6.73. The predicted octanol–water partition coefficient (Wildman–Crippen LogP) is 3.79. The molecule has 1 atom stereocenters. The highest BCUT2D eigenvalue weighted by Gasteiger charge is 2.46. The molecule has 4 rings (SSSR count). The summed E-state index contributed by atoms with van der Waals surface area (Å²) in [5.41, 5.74) is 2.60. The van der Waals surface area contributed by atoms with E-state index in [0.29, 0.717) is 17.1 Å². The molecular weight excluding hydrogens is 446 g/mol. The van der Waals surface area contributed by atoms with Gasteiger partial charge in [0.15, 0.2) is 0 Å². The van der Waals surface area contributed by atoms with Gasteiger partial charge in [-0.15, -0.1) is 0 Å². The van der Waals surface area contributed by atoms with Crippen molar-refractivity contribution in [1.82, 2.24) is 9.88 Å². The molecule has 8 nitrogen and oxygen atoms in total. The quantitative estimate of drug-likeness (QED) is 0.317. The summed E-state index contributed by atoms with van der Waals surface area (Å²) in [5.74, 6) is -1.19. The molecule has 0 spiro atoms. The lowest BCUT2D eigenvalue weighted by atomic mass is 9.94. The maximum atomic E-state index is 13.4. The van der Waals surface area contributed by atoms with E-state index in [-0.39, 0.29) is 23.4 Å². The molecule has 1 unspecified atom stereocenters. The lowest BCUT2D eigenvalue weighted by Crippen LogP contribution is -2.29. The van der Waals surface area contributed by atoms with Crippen LogP contribution in [0.1, 0.15) is 22.7 Å². The Morgan fingerprint density at radius 2 is 1.66 bits per heavy atom. The number of hydrogen-bond donors (Lipinski definition) is 1. The standard InChI is InChI=1S/C27H27N3O5/c1-29(2)19-12-10-18(11-13-19)24-23(25(31)22-20(34-3)8-5-9-21(22)35-4)26(32)27(33)30(24)16-17-7-6-14-28-15-17/h5-15,24,31H,16H2,1-4H3/b25-23+. The van der Waals surface area contributed by atoms with E-state index in [4.69, 9.17) is 9.47 Å². The molecule has 35 heavy (non-hydrogen) atoms. The number of benzene rings is 2. The lowest BCUT2D eigenvalue weighted by Gasteiger charge is -2.26. The zero-order chi connectivity index (χ0) is 25.1. The van der Waals surface area contributed by atoms with E-state index in [1.807, 2.05) is 49.3 Å². The van der Waals surface area contributed by atoms with Gasteiger partial charge in [-0.1, -0.05) is 24.3 Å². The Balaban J connectivity index is 1.92. The average Bonchev–Trinajstić information content (AvgIpc) is 3.13. The van der Waals surface area contributed by atoms with Crippen LogP contribution in [0, 0.1) is 0 Å². The summed E-state index contributed by atoms with van der Waals surface area (Å²) in [6.07, 6.45) is 3.29. The molecule has 3 aromatic rings. The molecule has 180 valence electrons. The largest absolute Gasteiger partial charge is 0.506 e. The first-order valence-electron chi connectivity index (χ1n) is 11.0. The molecule has 1 aliphatic heterocycles. The zero-order valence-electron chi connectivity index (χ0n) is 20.1. The fourth-order valence-electron chi connectivity index (χ4n) is 4.25. The second kappa shape index (κ2) is 9.89. The molecule has 1 saturated heterocycles. The third kappa shape index (κ3) is 4.42. The van der Waals surface area contributed by atoms with E-state index in [9.17, 15) is 14.7 Å². The number of likely N-dealkylation sites (tertiary alicyclic amines) is 1. The minimum atomic E-state index is -0.818. The minimum absolute atomic E-state index is 0.0284. The van der Waals surface area contributed by atoms with Crippen LogP contribution in [-0.2, 0) is 16.1 Å². The van der Waals surface area contributed by atoms with Crippen LogP contribution in [0.3, 0.4) is 0 Å². The van der Waals surface area contributed by atoms with Crippen molar-refractivity contribution in [3.8, 4) is 11.5 Å².